The Kier molecular flexibility index (Phi) is 5.03. The van der Waals surface area contributed by atoms with E-state index in [1.54, 1.807) is 6.20 Å². The third kappa shape index (κ3) is 3.64. The Bertz CT molecular complexity index is 597. The van der Waals surface area contributed by atoms with E-state index in [-0.39, 0.29) is 0 Å². The van der Waals surface area contributed by atoms with Crippen LogP contribution in [0, 0.1) is 0 Å². The Morgan fingerprint density at radius 1 is 1.14 bits per heavy atom. The molecule has 0 amide bonds. The topological polar surface area (TPSA) is 32.3 Å². The molecule has 0 aliphatic carbocycles. The highest BCUT2D eigenvalue weighted by Gasteiger charge is 2.22. The summed E-state index contributed by atoms with van der Waals surface area (Å²) in [7, 11) is 0. The summed E-state index contributed by atoms with van der Waals surface area (Å²) in [4.78, 5) is 13.3. The molecule has 0 bridgehead atoms. The number of piperazine rings is 1. The summed E-state index contributed by atoms with van der Waals surface area (Å²) >= 11 is 6.15. The highest BCUT2D eigenvalue weighted by Crippen LogP contribution is 2.22. The Hall–Kier alpha value is -1.49. The van der Waals surface area contributed by atoms with E-state index in [2.05, 4.69) is 38.8 Å². The van der Waals surface area contributed by atoms with Crippen LogP contribution < -0.4 is 0 Å². The van der Waals surface area contributed by atoms with Gasteiger partial charge in [0.15, 0.2) is 0 Å². The van der Waals surface area contributed by atoms with Crippen LogP contribution in [0.5, 0.6) is 0 Å². The average Bonchev–Trinajstić information content (AvgIpc) is 2.58. The molecule has 3 rings (SSSR count). The maximum atomic E-state index is 6.15. The second-order valence-corrected chi connectivity index (χ2v) is 6.09. The van der Waals surface area contributed by atoms with E-state index >= 15 is 0 Å². The van der Waals surface area contributed by atoms with Gasteiger partial charge in [0.05, 0.1) is 0 Å². The SMILES string of the molecule is C[C@H](c1cccnc1)N1CCN(Cc2cccnc2Cl)CC1. The Morgan fingerprint density at radius 2 is 1.91 bits per heavy atom. The lowest BCUT2D eigenvalue weighted by molar-refractivity contribution is 0.0977. The van der Waals surface area contributed by atoms with Crippen LogP contribution in [0.4, 0.5) is 0 Å². The van der Waals surface area contributed by atoms with Gasteiger partial charge in [0.25, 0.3) is 0 Å². The molecule has 1 aliphatic rings. The molecule has 1 aliphatic heterocycles. The van der Waals surface area contributed by atoms with Crippen molar-refractivity contribution < 1.29 is 0 Å². The first-order valence-corrected chi connectivity index (χ1v) is 8.07. The summed E-state index contributed by atoms with van der Waals surface area (Å²) in [5.41, 5.74) is 2.39. The number of pyridine rings is 2. The highest BCUT2D eigenvalue weighted by molar-refractivity contribution is 6.30. The van der Waals surface area contributed by atoms with Gasteiger partial charge >= 0.3 is 0 Å². The smallest absolute Gasteiger partial charge is 0.133 e. The lowest BCUT2D eigenvalue weighted by Gasteiger charge is -2.38. The maximum absolute atomic E-state index is 6.15. The maximum Gasteiger partial charge on any atom is 0.133 e. The molecule has 3 heterocycles. The van der Waals surface area contributed by atoms with Gasteiger partial charge in [-0.2, -0.15) is 0 Å². The fourth-order valence-corrected chi connectivity index (χ4v) is 3.10. The monoisotopic (exact) mass is 316 g/mol. The summed E-state index contributed by atoms with van der Waals surface area (Å²) in [6.07, 6.45) is 5.53. The van der Waals surface area contributed by atoms with Gasteiger partial charge in [-0.05, 0) is 24.6 Å². The van der Waals surface area contributed by atoms with E-state index < -0.39 is 0 Å². The molecule has 0 unspecified atom stereocenters. The number of aromatic nitrogens is 2. The van der Waals surface area contributed by atoms with Gasteiger partial charge in [-0.25, -0.2) is 4.98 Å². The van der Waals surface area contributed by atoms with Gasteiger partial charge in [-0.1, -0.05) is 23.7 Å². The molecule has 5 heteroatoms. The van der Waals surface area contributed by atoms with Gasteiger partial charge < -0.3 is 0 Å². The molecular weight excluding hydrogens is 296 g/mol. The molecule has 1 atom stereocenters. The molecule has 4 nitrogen and oxygen atoms in total. The van der Waals surface area contributed by atoms with Crippen molar-refractivity contribution in [1.82, 2.24) is 19.8 Å². The zero-order valence-electron chi connectivity index (χ0n) is 12.8. The fraction of sp³-hybridized carbons (Fsp3) is 0.412. The van der Waals surface area contributed by atoms with Gasteiger partial charge in [-0.3, -0.25) is 14.8 Å². The lowest BCUT2D eigenvalue weighted by atomic mass is 10.1. The molecule has 2 aromatic heterocycles. The number of hydrogen-bond donors (Lipinski definition) is 0. The summed E-state index contributed by atoms with van der Waals surface area (Å²) in [5, 5.41) is 0.619. The molecule has 0 N–H and O–H groups in total. The Labute approximate surface area is 136 Å². The Balaban J connectivity index is 1.55. The fourth-order valence-electron chi connectivity index (χ4n) is 2.92. The van der Waals surface area contributed by atoms with E-state index in [9.17, 15) is 0 Å². The van der Waals surface area contributed by atoms with Crippen LogP contribution in [0.3, 0.4) is 0 Å². The molecule has 22 heavy (non-hydrogen) atoms. The Morgan fingerprint density at radius 3 is 2.59 bits per heavy atom. The largest absolute Gasteiger partial charge is 0.296 e. The first-order valence-electron chi connectivity index (χ1n) is 7.70. The summed E-state index contributed by atoms with van der Waals surface area (Å²) in [6, 6.07) is 8.58. The minimum atomic E-state index is 0.415. The van der Waals surface area contributed by atoms with E-state index in [1.807, 2.05) is 24.5 Å². The molecule has 2 aromatic rings. The van der Waals surface area contributed by atoms with E-state index in [4.69, 9.17) is 11.6 Å². The number of rotatable bonds is 4. The first kappa shape index (κ1) is 15.4. The predicted molar refractivity (Wildman–Crippen MR) is 88.7 cm³/mol. The van der Waals surface area contributed by atoms with Crippen molar-refractivity contribution in [3.05, 3.63) is 59.1 Å². The number of hydrogen-bond acceptors (Lipinski definition) is 4. The zero-order chi connectivity index (χ0) is 15.4. The van der Waals surface area contributed by atoms with Crippen LogP contribution in [0.25, 0.3) is 0 Å². The standard InChI is InChI=1S/C17H21ClN4/c1-14(15-4-2-6-19-12-15)22-10-8-21(9-11-22)13-16-5-3-7-20-17(16)18/h2-7,12,14H,8-11,13H2,1H3/t14-/m1/s1. The molecular formula is C17H21ClN4. The summed E-state index contributed by atoms with van der Waals surface area (Å²) in [5.74, 6) is 0. The molecule has 0 saturated carbocycles. The molecule has 116 valence electrons. The van der Waals surface area contributed by atoms with Crippen LogP contribution in [-0.4, -0.2) is 45.9 Å². The van der Waals surface area contributed by atoms with E-state index in [0.29, 0.717) is 11.2 Å². The molecule has 1 fully saturated rings. The van der Waals surface area contributed by atoms with Crippen molar-refractivity contribution in [2.45, 2.75) is 19.5 Å². The van der Waals surface area contributed by atoms with Crippen LogP contribution >= 0.6 is 11.6 Å². The number of nitrogens with zero attached hydrogens (tertiary/aromatic N) is 4. The normalized spacial score (nSPS) is 18.3. The third-order valence-electron chi connectivity index (χ3n) is 4.35. The molecule has 0 radical (unpaired) electrons. The van der Waals surface area contributed by atoms with Gasteiger partial charge in [-0.15, -0.1) is 0 Å². The zero-order valence-corrected chi connectivity index (χ0v) is 13.6. The minimum Gasteiger partial charge on any atom is -0.296 e. The second-order valence-electron chi connectivity index (χ2n) is 5.73. The van der Waals surface area contributed by atoms with Crippen molar-refractivity contribution in [2.75, 3.05) is 26.2 Å². The molecule has 0 spiro atoms. The predicted octanol–water partition coefficient (Wildman–Crippen LogP) is 3.01. The molecule has 1 saturated heterocycles. The van der Waals surface area contributed by atoms with E-state index in [1.165, 1.54) is 5.56 Å². The highest BCUT2D eigenvalue weighted by atomic mass is 35.5. The van der Waals surface area contributed by atoms with Gasteiger partial charge in [0.1, 0.15) is 5.15 Å². The van der Waals surface area contributed by atoms with Crippen LogP contribution in [-0.2, 0) is 6.54 Å². The first-order chi connectivity index (χ1) is 10.7. The summed E-state index contributed by atoms with van der Waals surface area (Å²) < 4.78 is 0. The lowest BCUT2D eigenvalue weighted by Crippen LogP contribution is -2.46. The van der Waals surface area contributed by atoms with Gasteiger partial charge in [0, 0.05) is 62.9 Å². The quantitative estimate of drug-likeness (QED) is 0.812. The van der Waals surface area contributed by atoms with Crippen LogP contribution in [0.1, 0.15) is 24.1 Å². The molecule has 0 aromatic carbocycles. The van der Waals surface area contributed by atoms with Crippen LogP contribution in [0.2, 0.25) is 5.15 Å². The third-order valence-corrected chi connectivity index (χ3v) is 4.69. The summed E-state index contributed by atoms with van der Waals surface area (Å²) in [6.45, 7) is 7.36. The van der Waals surface area contributed by atoms with Crippen molar-refractivity contribution >= 4 is 11.6 Å². The van der Waals surface area contributed by atoms with Crippen molar-refractivity contribution in [3.63, 3.8) is 0 Å². The van der Waals surface area contributed by atoms with E-state index in [0.717, 1.165) is 38.3 Å². The van der Waals surface area contributed by atoms with Crippen molar-refractivity contribution in [3.8, 4) is 0 Å². The van der Waals surface area contributed by atoms with Crippen molar-refractivity contribution in [2.24, 2.45) is 0 Å². The average molecular weight is 317 g/mol. The van der Waals surface area contributed by atoms with Gasteiger partial charge in [0.2, 0.25) is 0 Å². The van der Waals surface area contributed by atoms with Crippen molar-refractivity contribution in [1.29, 1.82) is 0 Å². The number of halogens is 1. The second kappa shape index (κ2) is 7.18. The van der Waals surface area contributed by atoms with Crippen LogP contribution in [0.15, 0.2) is 42.9 Å². The minimum absolute atomic E-state index is 0.415.